The molecule has 2 saturated carbocycles. The zero-order valence-electron chi connectivity index (χ0n) is 41.6. The van der Waals surface area contributed by atoms with Crippen molar-refractivity contribution in [2.24, 2.45) is 0 Å². The molecule has 2 aliphatic rings. The van der Waals surface area contributed by atoms with Crippen molar-refractivity contribution < 1.29 is 0 Å². The molecule has 0 bridgehead atoms. The van der Waals surface area contributed by atoms with E-state index in [1.165, 1.54) is 168 Å². The standard InChI is InChI=1S/C68H64N2/c1-45-58(49-24-8-6-9-25-49)32-18-34-62(45)69(56-30-16-28-51(42-56)47-20-12-13-21-47)64-44-65(61-39-37-54-41-55(68(3,4)5)40-53-36-38-60(64)67(61)66(53)54)70(57-31-17-29-52(43-57)48-22-14-15-23-48)63-35-19-33-59(46(63)2)50-26-10-7-11-27-50/h6-11,16-19,24-44,47-48H,12-15,20-23H2,1-5H3. The first-order valence-electron chi connectivity index (χ1n) is 26.1. The predicted molar refractivity (Wildman–Crippen MR) is 301 cm³/mol. The maximum atomic E-state index is 2.62. The van der Waals surface area contributed by atoms with E-state index in [4.69, 9.17) is 0 Å². The van der Waals surface area contributed by atoms with Gasteiger partial charge in [-0.25, -0.2) is 0 Å². The first-order chi connectivity index (χ1) is 34.2. The SMILES string of the molecule is Cc1c(-c2ccccc2)cccc1N(c1cccc(C2CCCC2)c1)c1cc(N(c2cccc(C3CCCC3)c2)c2cccc(-c3ccccc3)c2C)c2ccc3cc(C(C)(C)C)cc4ccc1c2c43. The maximum Gasteiger partial charge on any atom is 0.0561 e. The van der Waals surface area contributed by atoms with E-state index in [0.29, 0.717) is 11.8 Å². The predicted octanol–water partition coefficient (Wildman–Crippen LogP) is 20.1. The van der Waals surface area contributed by atoms with Crippen molar-refractivity contribution in [3.05, 3.63) is 216 Å². The van der Waals surface area contributed by atoms with Gasteiger partial charge in [-0.3, -0.25) is 0 Å². The van der Waals surface area contributed by atoms with Crippen LogP contribution in [0.15, 0.2) is 188 Å². The van der Waals surface area contributed by atoms with Crippen LogP contribution in [0.1, 0.15) is 112 Å². The van der Waals surface area contributed by atoms with E-state index in [1.54, 1.807) is 0 Å². The summed E-state index contributed by atoms with van der Waals surface area (Å²) in [5.74, 6) is 1.16. The normalized spacial score (nSPS) is 14.6. The van der Waals surface area contributed by atoms with Crippen LogP contribution in [0, 0.1) is 13.8 Å². The molecule has 0 aliphatic heterocycles. The van der Waals surface area contributed by atoms with E-state index in [0.717, 1.165) is 0 Å². The summed E-state index contributed by atoms with van der Waals surface area (Å²) in [6.07, 6.45) is 10.2. The third kappa shape index (κ3) is 7.83. The van der Waals surface area contributed by atoms with Crippen LogP contribution in [0.25, 0.3) is 54.6 Å². The Balaban J connectivity index is 1.21. The summed E-state index contributed by atoms with van der Waals surface area (Å²) in [5.41, 5.74) is 18.9. The zero-order valence-corrected chi connectivity index (χ0v) is 41.6. The average Bonchev–Trinajstić information content (AvgIpc) is 4.15. The number of nitrogens with zero attached hydrogens (tertiary/aromatic N) is 2. The fourth-order valence-corrected chi connectivity index (χ4v) is 12.4. The number of hydrogen-bond acceptors (Lipinski definition) is 2. The van der Waals surface area contributed by atoms with Gasteiger partial charge in [0.1, 0.15) is 0 Å². The van der Waals surface area contributed by atoms with Gasteiger partial charge in [-0.1, -0.05) is 192 Å². The largest absolute Gasteiger partial charge is 0.309 e. The number of benzene rings is 10. The molecule has 2 fully saturated rings. The topological polar surface area (TPSA) is 6.48 Å². The minimum atomic E-state index is 0.00559. The molecule has 0 N–H and O–H groups in total. The fraction of sp³-hybridized carbons (Fsp3) is 0.235. The highest BCUT2D eigenvalue weighted by Gasteiger charge is 2.29. The Morgan fingerprint density at radius 2 is 0.814 bits per heavy atom. The van der Waals surface area contributed by atoms with Crippen molar-refractivity contribution in [2.45, 2.75) is 103 Å². The van der Waals surface area contributed by atoms with Crippen LogP contribution in [0.3, 0.4) is 0 Å². The second-order valence-corrected chi connectivity index (χ2v) is 21.5. The molecule has 70 heavy (non-hydrogen) atoms. The molecule has 12 rings (SSSR count). The Bertz CT molecular complexity index is 3290. The third-order valence-electron chi connectivity index (χ3n) is 16.2. The summed E-state index contributed by atoms with van der Waals surface area (Å²) in [4.78, 5) is 5.24. The maximum absolute atomic E-state index is 2.62. The molecule has 0 spiro atoms. The molecular formula is C68H64N2. The number of hydrogen-bond donors (Lipinski definition) is 0. The highest BCUT2D eigenvalue weighted by atomic mass is 15.2. The highest BCUT2D eigenvalue weighted by molar-refractivity contribution is 6.29. The average molecular weight is 909 g/mol. The van der Waals surface area contributed by atoms with Crippen LogP contribution in [-0.2, 0) is 5.41 Å². The Morgan fingerprint density at radius 3 is 1.24 bits per heavy atom. The van der Waals surface area contributed by atoms with Crippen LogP contribution >= 0.6 is 0 Å². The first-order valence-corrected chi connectivity index (χ1v) is 26.1. The Hall–Kier alpha value is -7.16. The lowest BCUT2D eigenvalue weighted by molar-refractivity contribution is 0.591. The van der Waals surface area contributed by atoms with E-state index in [1.807, 2.05) is 0 Å². The summed E-state index contributed by atoms with van der Waals surface area (Å²) in [7, 11) is 0. The smallest absolute Gasteiger partial charge is 0.0561 e. The van der Waals surface area contributed by atoms with Crippen LogP contribution in [0.5, 0.6) is 0 Å². The van der Waals surface area contributed by atoms with Crippen LogP contribution in [-0.4, -0.2) is 0 Å². The Labute approximate surface area is 415 Å². The lowest BCUT2D eigenvalue weighted by Crippen LogP contribution is -2.16. The van der Waals surface area contributed by atoms with Crippen molar-refractivity contribution in [1.29, 1.82) is 0 Å². The van der Waals surface area contributed by atoms with Crippen LogP contribution in [0.2, 0.25) is 0 Å². The lowest BCUT2D eigenvalue weighted by Gasteiger charge is -2.34. The van der Waals surface area contributed by atoms with Gasteiger partial charge in [0.25, 0.3) is 0 Å². The minimum Gasteiger partial charge on any atom is -0.309 e. The number of anilines is 6. The molecule has 0 amide bonds. The van der Waals surface area contributed by atoms with Crippen molar-refractivity contribution in [2.75, 3.05) is 9.80 Å². The summed E-state index contributed by atoms with van der Waals surface area (Å²) in [5, 5.41) is 7.73. The Kier molecular flexibility index (Phi) is 11.3. The Morgan fingerprint density at radius 1 is 0.386 bits per heavy atom. The second-order valence-electron chi connectivity index (χ2n) is 21.5. The summed E-state index contributed by atoms with van der Waals surface area (Å²) >= 11 is 0. The van der Waals surface area contributed by atoms with E-state index in [2.05, 4.69) is 232 Å². The molecule has 2 aliphatic carbocycles. The van der Waals surface area contributed by atoms with E-state index < -0.39 is 0 Å². The molecule has 10 aromatic rings. The fourth-order valence-electron chi connectivity index (χ4n) is 12.4. The van der Waals surface area contributed by atoms with Crippen LogP contribution in [0.4, 0.5) is 34.1 Å². The van der Waals surface area contributed by atoms with Gasteiger partial charge in [0, 0.05) is 38.9 Å². The molecule has 0 saturated heterocycles. The molecule has 0 aromatic heterocycles. The second kappa shape index (κ2) is 18.0. The van der Waals surface area contributed by atoms with Crippen molar-refractivity contribution in [3.8, 4) is 22.3 Å². The molecule has 0 heterocycles. The third-order valence-corrected chi connectivity index (χ3v) is 16.2. The number of rotatable bonds is 10. The van der Waals surface area contributed by atoms with Crippen molar-refractivity contribution in [1.82, 2.24) is 0 Å². The van der Waals surface area contributed by atoms with Crippen LogP contribution < -0.4 is 9.80 Å². The molecule has 2 heteroatoms. The van der Waals surface area contributed by atoms with E-state index >= 15 is 0 Å². The van der Waals surface area contributed by atoms with Crippen molar-refractivity contribution in [3.63, 3.8) is 0 Å². The van der Waals surface area contributed by atoms with Gasteiger partial charge >= 0.3 is 0 Å². The summed E-state index contributed by atoms with van der Waals surface area (Å²) < 4.78 is 0. The van der Waals surface area contributed by atoms with Gasteiger partial charge in [-0.2, -0.15) is 0 Å². The molecule has 0 radical (unpaired) electrons. The van der Waals surface area contributed by atoms with Gasteiger partial charge in [0.2, 0.25) is 0 Å². The summed E-state index contributed by atoms with van der Waals surface area (Å²) in [6.45, 7) is 11.7. The van der Waals surface area contributed by atoms with Crippen molar-refractivity contribution >= 4 is 66.4 Å². The minimum absolute atomic E-state index is 0.00559. The lowest BCUT2D eigenvalue weighted by atomic mass is 9.83. The van der Waals surface area contributed by atoms with Gasteiger partial charge in [-0.05, 0) is 165 Å². The molecular weight excluding hydrogens is 845 g/mol. The van der Waals surface area contributed by atoms with E-state index in [-0.39, 0.29) is 5.41 Å². The molecule has 346 valence electrons. The zero-order chi connectivity index (χ0) is 47.5. The van der Waals surface area contributed by atoms with E-state index in [9.17, 15) is 0 Å². The first kappa shape index (κ1) is 44.1. The van der Waals surface area contributed by atoms with Gasteiger partial charge < -0.3 is 9.80 Å². The van der Waals surface area contributed by atoms with Gasteiger partial charge in [0.15, 0.2) is 0 Å². The molecule has 2 nitrogen and oxygen atoms in total. The van der Waals surface area contributed by atoms with Gasteiger partial charge in [0.05, 0.1) is 11.4 Å². The summed E-state index contributed by atoms with van der Waals surface area (Å²) in [6, 6.07) is 72.0. The molecule has 0 atom stereocenters. The monoisotopic (exact) mass is 909 g/mol. The molecule has 0 unspecified atom stereocenters. The quantitative estimate of drug-likeness (QED) is 0.126. The molecule has 10 aromatic carbocycles. The highest BCUT2D eigenvalue weighted by Crippen LogP contribution is 2.53. The van der Waals surface area contributed by atoms with Gasteiger partial charge in [-0.15, -0.1) is 0 Å².